The van der Waals surface area contributed by atoms with Crippen LogP contribution in [0.15, 0.2) is 54.6 Å². The number of aryl methyl sites for hydroxylation is 1. The Morgan fingerprint density at radius 1 is 1.17 bits per heavy atom. The van der Waals surface area contributed by atoms with Crippen LogP contribution in [-0.2, 0) is 11.3 Å². The van der Waals surface area contributed by atoms with Crippen molar-refractivity contribution >= 4 is 6.03 Å². The highest BCUT2D eigenvalue weighted by Gasteiger charge is 2.27. The van der Waals surface area contributed by atoms with E-state index in [9.17, 15) is 4.79 Å². The van der Waals surface area contributed by atoms with Crippen molar-refractivity contribution < 1.29 is 19.0 Å². The van der Waals surface area contributed by atoms with Crippen LogP contribution in [0.25, 0.3) is 5.69 Å². The van der Waals surface area contributed by atoms with E-state index in [2.05, 4.69) is 5.32 Å². The van der Waals surface area contributed by atoms with Crippen molar-refractivity contribution in [3.05, 3.63) is 65.9 Å². The third-order valence-corrected chi connectivity index (χ3v) is 6.02. The highest BCUT2D eigenvalue weighted by molar-refractivity contribution is 5.74. The first-order chi connectivity index (χ1) is 17.1. The van der Waals surface area contributed by atoms with Gasteiger partial charge >= 0.3 is 6.03 Å². The Balaban J connectivity index is 1.72. The van der Waals surface area contributed by atoms with Gasteiger partial charge in [-0.15, -0.1) is 0 Å². The molecule has 0 spiro atoms. The van der Waals surface area contributed by atoms with Crippen molar-refractivity contribution in [2.75, 3.05) is 26.8 Å². The molecule has 0 radical (unpaired) electrons. The zero-order chi connectivity index (χ0) is 24.6. The fraction of sp³-hybridized carbons (Fsp3) is 0.407. The minimum absolute atomic E-state index is 0.0328. The molecule has 8 nitrogen and oxygen atoms in total. The molecule has 1 aromatic heterocycles. The number of para-hydroxylation sites is 3. The molecule has 1 aliphatic rings. The number of carbonyl (C=O) groups excluding carboxylic acids is 1. The van der Waals surface area contributed by atoms with E-state index in [1.165, 1.54) is 0 Å². The predicted octanol–water partition coefficient (Wildman–Crippen LogP) is 5.08. The van der Waals surface area contributed by atoms with Crippen LogP contribution in [0.4, 0.5) is 4.79 Å². The lowest BCUT2D eigenvalue weighted by Crippen LogP contribution is -2.43. The van der Waals surface area contributed by atoms with E-state index in [4.69, 9.17) is 19.3 Å². The topological polar surface area (TPSA) is 77.9 Å². The van der Waals surface area contributed by atoms with E-state index in [0.29, 0.717) is 37.0 Å². The molecule has 0 saturated carbocycles. The summed E-state index contributed by atoms with van der Waals surface area (Å²) in [5.41, 5.74) is 2.50. The Bertz CT molecular complexity index is 1110. The van der Waals surface area contributed by atoms with E-state index >= 15 is 0 Å². The molecule has 0 bridgehead atoms. The maximum atomic E-state index is 13.1. The Kier molecular flexibility index (Phi) is 8.26. The van der Waals surface area contributed by atoms with Crippen LogP contribution in [0.1, 0.15) is 37.4 Å². The molecular weight excluding hydrogens is 444 g/mol. The predicted molar refractivity (Wildman–Crippen MR) is 134 cm³/mol. The number of benzene rings is 2. The molecule has 1 fully saturated rings. The molecule has 1 atom stereocenters. The third-order valence-electron chi connectivity index (χ3n) is 6.02. The largest absolute Gasteiger partial charge is 0.493 e. The SMILES string of the molecule is CCCNC(=O)N(Cc1c(C)nn(-c2ccccc2)c1Oc1ccccc1OC)CC1CCCO1. The second-order valence-electron chi connectivity index (χ2n) is 8.62. The average molecular weight is 479 g/mol. The summed E-state index contributed by atoms with van der Waals surface area (Å²) in [6.07, 6.45) is 2.87. The minimum Gasteiger partial charge on any atom is -0.493 e. The molecule has 2 amide bonds. The van der Waals surface area contributed by atoms with Crippen molar-refractivity contribution in [3.63, 3.8) is 0 Å². The first-order valence-electron chi connectivity index (χ1n) is 12.2. The lowest BCUT2D eigenvalue weighted by molar-refractivity contribution is 0.0793. The zero-order valence-electron chi connectivity index (χ0n) is 20.7. The molecule has 1 unspecified atom stereocenters. The Hall–Kier alpha value is -3.52. The maximum Gasteiger partial charge on any atom is 0.317 e. The summed E-state index contributed by atoms with van der Waals surface area (Å²) in [6, 6.07) is 17.2. The number of rotatable bonds is 10. The van der Waals surface area contributed by atoms with Gasteiger partial charge < -0.3 is 24.4 Å². The van der Waals surface area contributed by atoms with Crippen molar-refractivity contribution in [2.45, 2.75) is 45.8 Å². The molecule has 2 aromatic carbocycles. The number of aromatic nitrogens is 2. The highest BCUT2D eigenvalue weighted by Crippen LogP contribution is 2.36. The summed E-state index contributed by atoms with van der Waals surface area (Å²) in [5, 5.41) is 7.82. The number of amides is 2. The van der Waals surface area contributed by atoms with Crippen LogP contribution in [0.5, 0.6) is 17.4 Å². The number of methoxy groups -OCH3 is 1. The van der Waals surface area contributed by atoms with Crippen LogP contribution >= 0.6 is 0 Å². The molecule has 3 aromatic rings. The zero-order valence-corrected chi connectivity index (χ0v) is 20.7. The second kappa shape index (κ2) is 11.8. The molecule has 4 rings (SSSR count). The van der Waals surface area contributed by atoms with Gasteiger partial charge in [0.05, 0.1) is 36.7 Å². The van der Waals surface area contributed by atoms with Gasteiger partial charge in [-0.3, -0.25) is 0 Å². The number of hydrogen-bond acceptors (Lipinski definition) is 5. The standard InChI is InChI=1S/C27H34N4O4/c1-4-16-28-27(32)30(18-22-13-10-17-34-22)19-23-20(2)29-31(21-11-6-5-7-12-21)26(23)35-25-15-9-8-14-24(25)33-3/h5-9,11-12,14-15,22H,4,10,13,16-19H2,1-3H3,(H,28,32). The molecule has 186 valence electrons. The Morgan fingerprint density at radius 2 is 1.91 bits per heavy atom. The van der Waals surface area contributed by atoms with Gasteiger partial charge in [0.15, 0.2) is 11.5 Å². The molecule has 1 N–H and O–H groups in total. The number of ether oxygens (including phenoxy) is 3. The summed E-state index contributed by atoms with van der Waals surface area (Å²) in [5.74, 6) is 1.75. The number of nitrogens with one attached hydrogen (secondary N) is 1. The number of nitrogens with zero attached hydrogens (tertiary/aromatic N) is 3. The quantitative estimate of drug-likeness (QED) is 0.440. The summed E-state index contributed by atoms with van der Waals surface area (Å²) in [7, 11) is 1.62. The van der Waals surface area contributed by atoms with Gasteiger partial charge in [-0.2, -0.15) is 5.10 Å². The van der Waals surface area contributed by atoms with E-state index in [0.717, 1.165) is 42.8 Å². The summed E-state index contributed by atoms with van der Waals surface area (Å²) in [6.45, 7) is 6.20. The Morgan fingerprint density at radius 3 is 2.60 bits per heavy atom. The Labute approximate surface area is 206 Å². The van der Waals surface area contributed by atoms with Crippen LogP contribution < -0.4 is 14.8 Å². The maximum absolute atomic E-state index is 13.1. The first kappa shape index (κ1) is 24.6. The van der Waals surface area contributed by atoms with Crippen molar-refractivity contribution in [1.82, 2.24) is 20.0 Å². The normalized spacial score (nSPS) is 15.1. The molecule has 8 heteroatoms. The smallest absolute Gasteiger partial charge is 0.317 e. The number of urea groups is 1. The van der Waals surface area contributed by atoms with Crippen molar-refractivity contribution in [1.29, 1.82) is 0 Å². The lowest BCUT2D eigenvalue weighted by atomic mass is 10.2. The summed E-state index contributed by atoms with van der Waals surface area (Å²) in [4.78, 5) is 14.9. The van der Waals surface area contributed by atoms with E-state index in [-0.39, 0.29) is 12.1 Å². The lowest BCUT2D eigenvalue weighted by Gasteiger charge is -2.26. The number of carbonyl (C=O) groups is 1. The van der Waals surface area contributed by atoms with Crippen molar-refractivity contribution in [2.24, 2.45) is 0 Å². The van der Waals surface area contributed by atoms with Crippen LogP contribution in [0, 0.1) is 6.92 Å². The van der Waals surface area contributed by atoms with Gasteiger partial charge in [0.1, 0.15) is 0 Å². The fourth-order valence-corrected chi connectivity index (χ4v) is 4.16. The molecule has 35 heavy (non-hydrogen) atoms. The molecule has 2 heterocycles. The van der Waals surface area contributed by atoms with Gasteiger partial charge in [0.2, 0.25) is 5.88 Å². The molecule has 0 aliphatic carbocycles. The van der Waals surface area contributed by atoms with Gasteiger partial charge in [-0.05, 0) is 50.5 Å². The van der Waals surface area contributed by atoms with E-state index in [1.807, 2.05) is 68.4 Å². The van der Waals surface area contributed by atoms with Crippen LogP contribution in [-0.4, -0.2) is 53.6 Å². The van der Waals surface area contributed by atoms with E-state index in [1.54, 1.807) is 16.7 Å². The van der Waals surface area contributed by atoms with Gasteiger partial charge in [-0.25, -0.2) is 9.48 Å². The average Bonchev–Trinajstić information content (AvgIpc) is 3.51. The molecular formula is C27H34N4O4. The second-order valence-corrected chi connectivity index (χ2v) is 8.62. The minimum atomic E-state index is -0.113. The van der Waals surface area contributed by atoms with E-state index < -0.39 is 0 Å². The summed E-state index contributed by atoms with van der Waals surface area (Å²) < 4.78 is 19.6. The van der Waals surface area contributed by atoms with Gasteiger partial charge in [0, 0.05) is 19.7 Å². The number of hydrogen-bond donors (Lipinski definition) is 1. The monoisotopic (exact) mass is 478 g/mol. The highest BCUT2D eigenvalue weighted by atomic mass is 16.5. The van der Waals surface area contributed by atoms with Gasteiger partial charge in [-0.1, -0.05) is 37.3 Å². The van der Waals surface area contributed by atoms with Gasteiger partial charge in [0.25, 0.3) is 0 Å². The molecule has 1 aliphatic heterocycles. The fourth-order valence-electron chi connectivity index (χ4n) is 4.16. The summed E-state index contributed by atoms with van der Waals surface area (Å²) >= 11 is 0. The third kappa shape index (κ3) is 5.95. The molecule has 1 saturated heterocycles. The van der Waals surface area contributed by atoms with Crippen LogP contribution in [0.3, 0.4) is 0 Å². The van der Waals surface area contributed by atoms with Crippen molar-refractivity contribution in [3.8, 4) is 23.1 Å². The van der Waals surface area contributed by atoms with Crippen LogP contribution in [0.2, 0.25) is 0 Å². The first-order valence-corrected chi connectivity index (χ1v) is 12.2.